The SMILES string of the molecule is CC/C=C\C/C=C\C/C=C\C/C=C\C/C=C\C/C=C\C/C=C\C/C=C\C/C=C\C/C=C\C/C=C\C/C=C\CCCCCCC(=O)NC(COC1OC(CO)C(OC2OC(CO)C(OC3OC(CO)C(O)C(O)C3O)C(O)C2O)C(O)C1O)C(O)/C=C/CCCCCCCCCCCCCCCCCCCCCCCCC. The van der Waals surface area contributed by atoms with Crippen LogP contribution in [-0.4, -0.2) is 193 Å². The smallest absolute Gasteiger partial charge is 0.220 e. The van der Waals surface area contributed by atoms with Crippen LogP contribution in [0.3, 0.4) is 0 Å². The summed E-state index contributed by atoms with van der Waals surface area (Å²) in [6.07, 6.45) is 76.5. The standard InChI is InChI=1S/C92H153NO18/c1-3-5-7-9-11-13-15-17-19-21-23-25-27-29-30-31-32-33-34-35-36-37-38-39-40-41-42-43-44-46-48-50-52-54-56-58-60-62-64-66-68-70-80(98)93-75(76(97)69-67-65-63-61-59-57-55-53-51-49-47-45-28-26-24-22-20-18-16-14-12-10-8-6-4-2)74-106-90-86(104)83(101)88(78(72-95)108-90)111-92-87(105)84(102)89(79(73-96)109-92)110-91-85(103)82(100)81(99)77(71-94)107-91/h5,7,11,13,17,19,23,25,29-30,32-33,35-36,38-39,41-42,44,46,50,52,56,58,67,69,75-79,81-92,94-97,99-105H,3-4,6,8-10,12,14-16,18,20-22,24,26-28,31,34,37,40,43,45,47-49,51,53-55,57,59-66,68,70-74H2,1-2H3,(H,93,98)/b7-5-,13-11-,19-17-,25-23-,30-29-,33-32-,36-35-,39-38-,42-41-,46-44-,52-50-,58-56-,69-67+. The number of hydrogen-bond donors (Lipinski definition) is 12. The highest BCUT2D eigenvalue weighted by molar-refractivity contribution is 5.76. The van der Waals surface area contributed by atoms with E-state index in [0.717, 1.165) is 128 Å². The lowest BCUT2D eigenvalue weighted by Crippen LogP contribution is -2.66. The number of nitrogens with one attached hydrogen (secondary N) is 1. The maximum atomic E-state index is 13.5. The van der Waals surface area contributed by atoms with Gasteiger partial charge in [0.1, 0.15) is 73.2 Å². The Morgan fingerprint density at radius 1 is 0.333 bits per heavy atom. The van der Waals surface area contributed by atoms with Crippen molar-refractivity contribution in [1.29, 1.82) is 0 Å². The van der Waals surface area contributed by atoms with Gasteiger partial charge in [-0.15, -0.1) is 0 Å². The fourth-order valence-electron chi connectivity index (χ4n) is 13.5. The van der Waals surface area contributed by atoms with Crippen LogP contribution in [-0.2, 0) is 33.2 Å². The topological polar surface area (TPSA) is 307 Å². The monoisotopic (exact) mass is 1560 g/mol. The molecule has 1 amide bonds. The van der Waals surface area contributed by atoms with Gasteiger partial charge in [-0.25, -0.2) is 0 Å². The molecule has 17 unspecified atom stereocenters. The maximum absolute atomic E-state index is 13.5. The van der Waals surface area contributed by atoms with Gasteiger partial charge in [0.15, 0.2) is 18.9 Å². The molecule has 3 saturated heterocycles. The molecule has 3 aliphatic heterocycles. The summed E-state index contributed by atoms with van der Waals surface area (Å²) in [5.74, 6) is -0.304. The van der Waals surface area contributed by atoms with Crippen LogP contribution < -0.4 is 5.32 Å². The van der Waals surface area contributed by atoms with Crippen molar-refractivity contribution in [3.63, 3.8) is 0 Å². The van der Waals surface area contributed by atoms with E-state index in [9.17, 15) is 61.0 Å². The second-order valence-electron chi connectivity index (χ2n) is 29.9. The number of aliphatic hydroxyl groups excluding tert-OH is 11. The lowest BCUT2D eigenvalue weighted by atomic mass is 9.96. The van der Waals surface area contributed by atoms with Crippen molar-refractivity contribution in [2.45, 2.75) is 388 Å². The van der Waals surface area contributed by atoms with E-state index in [-0.39, 0.29) is 18.9 Å². The van der Waals surface area contributed by atoms with Gasteiger partial charge in [0, 0.05) is 6.42 Å². The molecule has 0 spiro atoms. The van der Waals surface area contributed by atoms with Gasteiger partial charge in [-0.3, -0.25) is 4.79 Å². The normalized spacial score (nSPS) is 25.9. The molecule has 19 nitrogen and oxygen atoms in total. The lowest BCUT2D eigenvalue weighted by Gasteiger charge is -2.48. The highest BCUT2D eigenvalue weighted by Gasteiger charge is 2.54. The largest absolute Gasteiger partial charge is 0.394 e. The molecule has 0 aromatic heterocycles. The lowest BCUT2D eigenvalue weighted by molar-refractivity contribution is -0.379. The van der Waals surface area contributed by atoms with Crippen molar-refractivity contribution in [1.82, 2.24) is 5.32 Å². The van der Waals surface area contributed by atoms with E-state index in [0.29, 0.717) is 6.42 Å². The summed E-state index contributed by atoms with van der Waals surface area (Å²) in [5, 5.41) is 121. The molecule has 17 atom stereocenters. The third-order valence-corrected chi connectivity index (χ3v) is 20.3. The molecule has 0 saturated carbocycles. The Balaban J connectivity index is 1.36. The van der Waals surface area contributed by atoms with Gasteiger partial charge in [0.25, 0.3) is 0 Å². The molecule has 634 valence electrons. The van der Waals surface area contributed by atoms with Gasteiger partial charge >= 0.3 is 0 Å². The summed E-state index contributed by atoms with van der Waals surface area (Å²) in [7, 11) is 0. The Kier molecular flexibility index (Phi) is 63.2. The Bertz CT molecular complexity index is 2620. The van der Waals surface area contributed by atoms with Crippen LogP contribution in [0, 0.1) is 0 Å². The quantitative estimate of drug-likeness (QED) is 0.0199. The van der Waals surface area contributed by atoms with Crippen LogP contribution in [0.15, 0.2) is 158 Å². The average Bonchev–Trinajstić information content (AvgIpc) is 0.780. The molecule has 0 aromatic carbocycles. The molecule has 3 heterocycles. The molecule has 0 radical (unpaired) electrons. The van der Waals surface area contributed by atoms with Gasteiger partial charge in [-0.05, 0) is 109 Å². The van der Waals surface area contributed by atoms with Crippen molar-refractivity contribution >= 4 is 5.91 Å². The molecule has 12 N–H and O–H groups in total. The van der Waals surface area contributed by atoms with Crippen molar-refractivity contribution in [3.05, 3.63) is 158 Å². The summed E-state index contributed by atoms with van der Waals surface area (Å²) in [4.78, 5) is 13.5. The zero-order chi connectivity index (χ0) is 80.3. The molecule has 3 fully saturated rings. The number of carbonyl (C=O) groups excluding carboxylic acids is 1. The fraction of sp³-hybridized carbons (Fsp3) is 0.707. The number of aliphatic hydroxyl groups is 11. The third-order valence-electron chi connectivity index (χ3n) is 20.3. The average molecular weight is 1560 g/mol. The second kappa shape index (κ2) is 69.7. The van der Waals surface area contributed by atoms with Gasteiger partial charge in [0.2, 0.25) is 5.91 Å². The number of unbranched alkanes of at least 4 members (excludes halogenated alkanes) is 27. The summed E-state index contributed by atoms with van der Waals surface area (Å²) in [6.45, 7) is 1.62. The summed E-state index contributed by atoms with van der Waals surface area (Å²) < 4.78 is 34.5. The molecular weight excluding hydrogens is 1410 g/mol. The van der Waals surface area contributed by atoms with Crippen LogP contribution in [0.2, 0.25) is 0 Å². The first-order valence-corrected chi connectivity index (χ1v) is 43.2. The molecule has 111 heavy (non-hydrogen) atoms. The summed E-state index contributed by atoms with van der Waals surface area (Å²) in [6, 6.07) is -1.00. The van der Waals surface area contributed by atoms with E-state index in [1.54, 1.807) is 6.08 Å². The Morgan fingerprint density at radius 2 is 0.622 bits per heavy atom. The van der Waals surface area contributed by atoms with Gasteiger partial charge in [-0.1, -0.05) is 326 Å². The van der Waals surface area contributed by atoms with Crippen LogP contribution >= 0.6 is 0 Å². The minimum absolute atomic E-state index is 0.204. The predicted octanol–water partition coefficient (Wildman–Crippen LogP) is 16.0. The van der Waals surface area contributed by atoms with Crippen molar-refractivity contribution in [3.8, 4) is 0 Å². The van der Waals surface area contributed by atoms with Crippen LogP contribution in [0.1, 0.15) is 284 Å². The van der Waals surface area contributed by atoms with Crippen LogP contribution in [0.5, 0.6) is 0 Å². The number of allylic oxidation sites excluding steroid dienone is 25. The summed E-state index contributed by atoms with van der Waals surface area (Å²) in [5.41, 5.74) is 0. The van der Waals surface area contributed by atoms with Gasteiger partial charge < -0.3 is 89.9 Å². The predicted molar refractivity (Wildman–Crippen MR) is 447 cm³/mol. The molecule has 0 bridgehead atoms. The van der Waals surface area contributed by atoms with Gasteiger partial charge in [0.05, 0.1) is 38.6 Å². The number of hydrogen-bond acceptors (Lipinski definition) is 18. The van der Waals surface area contributed by atoms with Gasteiger partial charge in [-0.2, -0.15) is 0 Å². The zero-order valence-corrected chi connectivity index (χ0v) is 68.1. The van der Waals surface area contributed by atoms with E-state index in [1.807, 2.05) is 6.08 Å². The van der Waals surface area contributed by atoms with E-state index in [1.165, 1.54) is 128 Å². The maximum Gasteiger partial charge on any atom is 0.220 e. The van der Waals surface area contributed by atoms with E-state index in [4.69, 9.17) is 28.4 Å². The second-order valence-corrected chi connectivity index (χ2v) is 29.9. The third kappa shape index (κ3) is 48.5. The van der Waals surface area contributed by atoms with E-state index >= 15 is 0 Å². The van der Waals surface area contributed by atoms with Crippen molar-refractivity contribution < 1.29 is 89.4 Å². The molecule has 3 aliphatic rings. The highest BCUT2D eigenvalue weighted by Crippen LogP contribution is 2.33. The number of amides is 1. The van der Waals surface area contributed by atoms with Crippen LogP contribution in [0.25, 0.3) is 0 Å². The van der Waals surface area contributed by atoms with Crippen LogP contribution in [0.4, 0.5) is 0 Å². The Labute approximate surface area is 669 Å². The van der Waals surface area contributed by atoms with Crippen molar-refractivity contribution in [2.24, 2.45) is 0 Å². The highest BCUT2D eigenvalue weighted by atomic mass is 16.8. The number of rotatable bonds is 67. The van der Waals surface area contributed by atoms with Crippen molar-refractivity contribution in [2.75, 3.05) is 26.4 Å². The minimum Gasteiger partial charge on any atom is -0.394 e. The molecule has 19 heteroatoms. The first-order chi connectivity index (χ1) is 54.3. The number of carbonyl (C=O) groups is 1. The number of ether oxygens (including phenoxy) is 6. The Hall–Kier alpha value is -4.59. The first kappa shape index (κ1) is 101. The summed E-state index contributed by atoms with van der Waals surface area (Å²) >= 11 is 0. The Morgan fingerprint density at radius 3 is 0.973 bits per heavy atom. The molecule has 0 aliphatic carbocycles. The first-order valence-electron chi connectivity index (χ1n) is 43.2. The van der Waals surface area contributed by atoms with E-state index in [2.05, 4.69) is 165 Å². The molecule has 0 aromatic rings. The molecule has 3 rings (SSSR count). The molecular formula is C92H153NO18. The minimum atomic E-state index is -1.99. The fourth-order valence-corrected chi connectivity index (χ4v) is 13.5. The van der Waals surface area contributed by atoms with E-state index < -0.39 is 124 Å². The zero-order valence-electron chi connectivity index (χ0n) is 68.1.